The lowest BCUT2D eigenvalue weighted by Gasteiger charge is -2.40. The highest BCUT2D eigenvalue weighted by molar-refractivity contribution is 8.00. The molecule has 1 saturated heterocycles. The molecule has 4 nitrogen and oxygen atoms in total. The summed E-state index contributed by atoms with van der Waals surface area (Å²) in [5.41, 5.74) is 1.27. The molecule has 0 radical (unpaired) electrons. The summed E-state index contributed by atoms with van der Waals surface area (Å²) < 4.78 is 0. The average molecular weight is 346 g/mol. The first-order valence-corrected chi connectivity index (χ1v) is 10.0. The predicted molar refractivity (Wildman–Crippen MR) is 99.8 cm³/mol. The Kier molecular flexibility index (Phi) is 4.58. The summed E-state index contributed by atoms with van der Waals surface area (Å²) in [5.74, 6) is 1.88. The summed E-state index contributed by atoms with van der Waals surface area (Å²) in [4.78, 5) is 9.07. The van der Waals surface area contributed by atoms with E-state index in [-0.39, 0.29) is 12.1 Å². The van der Waals surface area contributed by atoms with Crippen molar-refractivity contribution in [3.8, 4) is 0 Å². The molecule has 4 rings (SSSR count). The Hall–Kier alpha value is -1.04. The number of hydrogen-bond acceptors (Lipinski definition) is 5. The number of benzene rings is 1. The monoisotopic (exact) mass is 345 g/mol. The second kappa shape index (κ2) is 6.70. The van der Waals surface area contributed by atoms with Crippen molar-refractivity contribution in [1.29, 1.82) is 0 Å². The van der Waals surface area contributed by atoms with Crippen LogP contribution in [0.3, 0.4) is 0 Å². The van der Waals surface area contributed by atoms with Crippen molar-refractivity contribution >= 4 is 17.6 Å². The largest absolute Gasteiger partial charge is 0.393 e. The van der Waals surface area contributed by atoms with Crippen molar-refractivity contribution in [3.63, 3.8) is 0 Å². The lowest BCUT2D eigenvalue weighted by Crippen LogP contribution is -2.48. The normalized spacial score (nSPS) is 36.4. The summed E-state index contributed by atoms with van der Waals surface area (Å²) in [6.07, 6.45) is 0.630. The topological polar surface area (TPSA) is 47.9 Å². The fourth-order valence-corrected chi connectivity index (χ4v) is 5.68. The van der Waals surface area contributed by atoms with Crippen LogP contribution in [0.2, 0.25) is 0 Å². The van der Waals surface area contributed by atoms with Gasteiger partial charge in [-0.2, -0.15) is 0 Å². The van der Waals surface area contributed by atoms with Gasteiger partial charge < -0.3 is 15.3 Å². The Bertz CT molecular complexity index is 629. The summed E-state index contributed by atoms with van der Waals surface area (Å²) in [5, 5.41) is 14.3. The Morgan fingerprint density at radius 2 is 1.92 bits per heavy atom. The number of aliphatic hydroxyl groups is 1. The van der Waals surface area contributed by atoms with Crippen LogP contribution < -0.4 is 5.32 Å². The van der Waals surface area contributed by atoms with Crippen LogP contribution in [0, 0.1) is 11.8 Å². The van der Waals surface area contributed by atoms with Crippen LogP contribution in [0.1, 0.15) is 25.8 Å². The van der Waals surface area contributed by atoms with Gasteiger partial charge >= 0.3 is 0 Å². The fourth-order valence-electron chi connectivity index (χ4n) is 4.17. The van der Waals surface area contributed by atoms with Crippen LogP contribution in [-0.4, -0.2) is 59.4 Å². The van der Waals surface area contributed by atoms with Gasteiger partial charge in [-0.3, -0.25) is 4.99 Å². The van der Waals surface area contributed by atoms with Crippen LogP contribution in [0.15, 0.2) is 34.2 Å². The third-order valence-corrected chi connectivity index (χ3v) is 7.31. The minimum atomic E-state index is -0.211. The van der Waals surface area contributed by atoms with Crippen LogP contribution in [-0.2, 0) is 0 Å². The van der Waals surface area contributed by atoms with Gasteiger partial charge in [0.15, 0.2) is 0 Å². The molecule has 1 aromatic carbocycles. The first-order valence-electron chi connectivity index (χ1n) is 9.12. The van der Waals surface area contributed by atoms with Crippen molar-refractivity contribution < 1.29 is 5.11 Å². The maximum atomic E-state index is 10.5. The zero-order chi connectivity index (χ0) is 16.7. The highest BCUT2D eigenvalue weighted by Crippen LogP contribution is 2.44. The van der Waals surface area contributed by atoms with E-state index in [1.807, 2.05) is 11.8 Å². The molecule has 0 spiro atoms. The van der Waals surface area contributed by atoms with Gasteiger partial charge in [0.1, 0.15) is 5.84 Å². The number of fused-ring (bicyclic) bond motifs is 2. The van der Waals surface area contributed by atoms with E-state index >= 15 is 0 Å². The number of thioether (sulfide) groups is 1. The van der Waals surface area contributed by atoms with Crippen LogP contribution in [0.4, 0.5) is 0 Å². The molecule has 0 bridgehead atoms. The Morgan fingerprint density at radius 1 is 1.17 bits per heavy atom. The van der Waals surface area contributed by atoms with E-state index in [4.69, 9.17) is 4.99 Å². The highest BCUT2D eigenvalue weighted by Gasteiger charge is 2.42. The molecule has 2 fully saturated rings. The molecule has 2 N–H and O–H groups in total. The van der Waals surface area contributed by atoms with E-state index in [1.165, 1.54) is 16.3 Å². The molecular formula is C19H27N3OS. The molecular weight excluding hydrogens is 318 g/mol. The number of rotatable bonds is 0. The van der Waals surface area contributed by atoms with Crippen molar-refractivity contribution in [3.05, 3.63) is 29.8 Å². The number of amidine groups is 1. The fraction of sp³-hybridized carbons (Fsp3) is 0.632. The third-order valence-electron chi connectivity index (χ3n) is 5.92. The van der Waals surface area contributed by atoms with Crippen molar-refractivity contribution in [2.24, 2.45) is 16.8 Å². The zero-order valence-electron chi connectivity index (χ0n) is 14.5. The molecule has 2 aliphatic heterocycles. The van der Waals surface area contributed by atoms with Crippen molar-refractivity contribution in [1.82, 2.24) is 10.2 Å². The standard InChI is InChI=1S/C19H27N3OS/c1-12-13(2)18-17(11-15(12)23)24-16-6-4-3-5-14(16)19(21-18)22-9-7-20-8-10-22/h3-6,12-13,15,17-18,20,23H,7-11H2,1-2H3. The van der Waals surface area contributed by atoms with E-state index in [9.17, 15) is 5.11 Å². The zero-order valence-corrected chi connectivity index (χ0v) is 15.3. The van der Waals surface area contributed by atoms with E-state index in [2.05, 4.69) is 48.3 Å². The first-order chi connectivity index (χ1) is 11.6. The lowest BCUT2D eigenvalue weighted by atomic mass is 9.76. The van der Waals surface area contributed by atoms with Gasteiger partial charge in [-0.1, -0.05) is 32.0 Å². The van der Waals surface area contributed by atoms with E-state index in [1.54, 1.807) is 0 Å². The quantitative estimate of drug-likeness (QED) is 0.757. The average Bonchev–Trinajstić information content (AvgIpc) is 2.77. The Morgan fingerprint density at radius 3 is 2.71 bits per heavy atom. The van der Waals surface area contributed by atoms with Crippen molar-refractivity contribution in [2.45, 2.75) is 42.6 Å². The van der Waals surface area contributed by atoms with Crippen molar-refractivity contribution in [2.75, 3.05) is 26.2 Å². The van der Waals surface area contributed by atoms with Gasteiger partial charge in [0.25, 0.3) is 0 Å². The Labute approximate surface area is 148 Å². The van der Waals surface area contributed by atoms with Gasteiger partial charge in [0.05, 0.1) is 12.1 Å². The lowest BCUT2D eigenvalue weighted by molar-refractivity contribution is 0.0424. The van der Waals surface area contributed by atoms with Gasteiger partial charge in [0, 0.05) is 41.9 Å². The molecule has 1 aliphatic carbocycles. The SMILES string of the molecule is CC1C(O)CC2Sc3ccccc3C(N3CCNCC3)=NC2C1C. The molecule has 130 valence electrons. The van der Waals surface area contributed by atoms with Gasteiger partial charge in [-0.15, -0.1) is 11.8 Å². The van der Waals surface area contributed by atoms with Crippen LogP contribution in [0.5, 0.6) is 0 Å². The number of nitrogens with one attached hydrogen (secondary N) is 1. The van der Waals surface area contributed by atoms with Crippen LogP contribution >= 0.6 is 11.8 Å². The smallest absolute Gasteiger partial charge is 0.132 e. The molecule has 24 heavy (non-hydrogen) atoms. The maximum Gasteiger partial charge on any atom is 0.132 e. The maximum absolute atomic E-state index is 10.5. The summed E-state index contributed by atoms with van der Waals surface area (Å²) in [7, 11) is 0. The molecule has 1 saturated carbocycles. The predicted octanol–water partition coefficient (Wildman–Crippen LogP) is 2.22. The summed E-state index contributed by atoms with van der Waals surface area (Å²) in [6, 6.07) is 8.95. The molecule has 0 amide bonds. The number of aliphatic hydroxyl groups excluding tert-OH is 1. The minimum Gasteiger partial charge on any atom is -0.393 e. The van der Waals surface area contributed by atoms with Gasteiger partial charge in [-0.25, -0.2) is 0 Å². The molecule has 0 aromatic heterocycles. The molecule has 5 unspecified atom stereocenters. The molecule has 2 heterocycles. The number of aliphatic imine (C=N–C) groups is 1. The number of hydrogen-bond donors (Lipinski definition) is 2. The van der Waals surface area contributed by atoms with E-state index in [0.717, 1.165) is 32.6 Å². The van der Waals surface area contributed by atoms with Gasteiger partial charge in [0.2, 0.25) is 0 Å². The summed E-state index contributed by atoms with van der Waals surface area (Å²) in [6.45, 7) is 8.51. The minimum absolute atomic E-state index is 0.211. The Balaban J connectivity index is 1.77. The second-order valence-electron chi connectivity index (χ2n) is 7.35. The first kappa shape index (κ1) is 16.4. The molecule has 3 aliphatic rings. The highest BCUT2D eigenvalue weighted by atomic mass is 32.2. The number of piperazine rings is 1. The molecule has 5 atom stereocenters. The van der Waals surface area contributed by atoms with E-state index in [0.29, 0.717) is 17.1 Å². The summed E-state index contributed by atoms with van der Waals surface area (Å²) >= 11 is 1.92. The van der Waals surface area contributed by atoms with E-state index < -0.39 is 0 Å². The second-order valence-corrected chi connectivity index (χ2v) is 8.64. The van der Waals surface area contributed by atoms with Gasteiger partial charge in [-0.05, 0) is 24.3 Å². The third kappa shape index (κ3) is 2.87. The molecule has 5 heteroatoms. The molecule has 1 aromatic rings. The number of nitrogens with zero attached hydrogens (tertiary/aromatic N) is 2. The van der Waals surface area contributed by atoms with Crippen LogP contribution in [0.25, 0.3) is 0 Å².